The quantitative estimate of drug-likeness (QED) is 0.835. The van der Waals surface area contributed by atoms with Crippen molar-refractivity contribution < 1.29 is 0 Å². The molecule has 16 heavy (non-hydrogen) atoms. The van der Waals surface area contributed by atoms with Crippen LogP contribution in [0.25, 0.3) is 0 Å². The van der Waals surface area contributed by atoms with Gasteiger partial charge in [0.25, 0.3) is 0 Å². The minimum atomic E-state index is 0.459. The van der Waals surface area contributed by atoms with Gasteiger partial charge in [-0.15, -0.1) is 11.3 Å². The smallest absolute Gasteiger partial charge is 0.0285 e. The topological polar surface area (TPSA) is 12.0 Å². The van der Waals surface area contributed by atoms with Gasteiger partial charge in [0.1, 0.15) is 0 Å². The van der Waals surface area contributed by atoms with E-state index in [4.69, 9.17) is 0 Å². The highest BCUT2D eigenvalue weighted by molar-refractivity contribution is 9.10. The Morgan fingerprint density at radius 3 is 2.81 bits per heavy atom. The van der Waals surface area contributed by atoms with E-state index in [2.05, 4.69) is 46.5 Å². The standard InChI is InChI=1S/C13H20BrNS/c1-3-15-9-13(2,10-4-5-10)7-12-6-11(14)8-16-12/h6,8,10,15H,3-5,7,9H2,1-2H3. The monoisotopic (exact) mass is 301 g/mol. The van der Waals surface area contributed by atoms with Gasteiger partial charge < -0.3 is 5.32 Å². The predicted molar refractivity (Wildman–Crippen MR) is 75.1 cm³/mol. The summed E-state index contributed by atoms with van der Waals surface area (Å²) in [6.07, 6.45) is 4.07. The molecular formula is C13H20BrNS. The summed E-state index contributed by atoms with van der Waals surface area (Å²) in [5.74, 6) is 0.937. The largest absolute Gasteiger partial charge is 0.316 e. The first-order valence-corrected chi connectivity index (χ1v) is 7.75. The van der Waals surface area contributed by atoms with Gasteiger partial charge in [-0.2, -0.15) is 0 Å². The molecule has 2 rings (SSSR count). The first-order valence-electron chi connectivity index (χ1n) is 6.07. The zero-order valence-corrected chi connectivity index (χ0v) is 12.5. The Hall–Kier alpha value is 0.140. The Bertz CT molecular complexity index is 345. The second-order valence-corrected chi connectivity index (χ2v) is 7.03. The number of nitrogens with one attached hydrogen (secondary N) is 1. The lowest BCUT2D eigenvalue weighted by molar-refractivity contribution is 0.260. The normalized spacial score (nSPS) is 19.7. The van der Waals surface area contributed by atoms with Gasteiger partial charge in [-0.25, -0.2) is 0 Å². The lowest BCUT2D eigenvalue weighted by Gasteiger charge is -2.29. The minimum Gasteiger partial charge on any atom is -0.316 e. The van der Waals surface area contributed by atoms with E-state index in [1.54, 1.807) is 0 Å². The maximum atomic E-state index is 3.54. The van der Waals surface area contributed by atoms with Gasteiger partial charge in [0.15, 0.2) is 0 Å². The lowest BCUT2D eigenvalue weighted by Crippen LogP contribution is -2.35. The van der Waals surface area contributed by atoms with Crippen LogP contribution in [0.2, 0.25) is 0 Å². The van der Waals surface area contributed by atoms with Crippen molar-refractivity contribution in [1.29, 1.82) is 0 Å². The molecule has 1 heterocycles. The van der Waals surface area contributed by atoms with Crippen molar-refractivity contribution in [2.24, 2.45) is 11.3 Å². The summed E-state index contributed by atoms with van der Waals surface area (Å²) in [6.45, 7) is 6.87. The van der Waals surface area contributed by atoms with Crippen LogP contribution in [0, 0.1) is 11.3 Å². The van der Waals surface area contributed by atoms with Crippen molar-refractivity contribution in [3.05, 3.63) is 20.8 Å². The average molecular weight is 302 g/mol. The van der Waals surface area contributed by atoms with Gasteiger partial charge >= 0.3 is 0 Å². The third-order valence-electron chi connectivity index (χ3n) is 3.54. The fourth-order valence-electron chi connectivity index (χ4n) is 2.39. The first kappa shape index (κ1) is 12.6. The summed E-state index contributed by atoms with van der Waals surface area (Å²) in [5.41, 5.74) is 0.459. The molecule has 1 saturated carbocycles. The third kappa shape index (κ3) is 3.08. The molecule has 1 N–H and O–H groups in total. The first-order chi connectivity index (χ1) is 7.64. The van der Waals surface area contributed by atoms with Gasteiger partial charge in [0.2, 0.25) is 0 Å². The van der Waals surface area contributed by atoms with E-state index < -0.39 is 0 Å². The van der Waals surface area contributed by atoms with Crippen molar-refractivity contribution >= 4 is 27.3 Å². The van der Waals surface area contributed by atoms with Crippen molar-refractivity contribution in [1.82, 2.24) is 5.32 Å². The zero-order chi connectivity index (χ0) is 11.6. The van der Waals surface area contributed by atoms with Crippen LogP contribution >= 0.6 is 27.3 Å². The maximum absolute atomic E-state index is 3.54. The van der Waals surface area contributed by atoms with Crippen molar-refractivity contribution in [3.63, 3.8) is 0 Å². The zero-order valence-electron chi connectivity index (χ0n) is 10.1. The summed E-state index contributed by atoms with van der Waals surface area (Å²) in [6, 6.07) is 2.28. The highest BCUT2D eigenvalue weighted by Crippen LogP contribution is 2.47. The summed E-state index contributed by atoms with van der Waals surface area (Å²) >= 11 is 5.42. The summed E-state index contributed by atoms with van der Waals surface area (Å²) in [4.78, 5) is 1.51. The number of hydrogen-bond donors (Lipinski definition) is 1. The molecule has 0 radical (unpaired) electrons. The average Bonchev–Trinajstić information content (AvgIpc) is 3.02. The number of thiophene rings is 1. The van der Waals surface area contributed by atoms with Gasteiger partial charge in [-0.05, 0) is 59.1 Å². The molecule has 1 aromatic rings. The van der Waals surface area contributed by atoms with Crippen LogP contribution in [0.4, 0.5) is 0 Å². The predicted octanol–water partition coefficient (Wildman–Crippen LogP) is 4.08. The van der Waals surface area contributed by atoms with Crippen LogP contribution in [-0.4, -0.2) is 13.1 Å². The maximum Gasteiger partial charge on any atom is 0.0285 e. The molecule has 1 unspecified atom stereocenters. The van der Waals surface area contributed by atoms with E-state index in [0.717, 1.165) is 19.0 Å². The molecule has 1 aliphatic rings. The fraction of sp³-hybridized carbons (Fsp3) is 0.692. The molecule has 0 bridgehead atoms. The second kappa shape index (κ2) is 5.19. The summed E-state index contributed by atoms with van der Waals surface area (Å²) in [5, 5.41) is 5.72. The van der Waals surface area contributed by atoms with Crippen LogP contribution in [0.5, 0.6) is 0 Å². The summed E-state index contributed by atoms with van der Waals surface area (Å²) in [7, 11) is 0. The van der Waals surface area contributed by atoms with E-state index >= 15 is 0 Å². The van der Waals surface area contributed by atoms with Crippen molar-refractivity contribution in [2.75, 3.05) is 13.1 Å². The van der Waals surface area contributed by atoms with Gasteiger partial charge in [-0.1, -0.05) is 13.8 Å². The van der Waals surface area contributed by atoms with E-state index in [1.165, 1.54) is 28.6 Å². The molecule has 0 amide bonds. The minimum absolute atomic E-state index is 0.459. The Morgan fingerprint density at radius 1 is 1.56 bits per heavy atom. The third-order valence-corrected chi connectivity index (χ3v) is 5.24. The van der Waals surface area contributed by atoms with E-state index in [9.17, 15) is 0 Å². The molecule has 0 spiro atoms. The Kier molecular flexibility index (Phi) is 4.09. The molecule has 90 valence electrons. The molecule has 0 saturated heterocycles. The molecule has 1 aliphatic carbocycles. The van der Waals surface area contributed by atoms with Gasteiger partial charge in [0, 0.05) is 21.3 Å². The molecule has 1 nitrogen and oxygen atoms in total. The Morgan fingerprint density at radius 2 is 2.31 bits per heavy atom. The van der Waals surface area contributed by atoms with Crippen molar-refractivity contribution in [3.8, 4) is 0 Å². The second-order valence-electron chi connectivity index (χ2n) is 5.12. The van der Waals surface area contributed by atoms with Crippen LogP contribution in [-0.2, 0) is 6.42 Å². The Balaban J connectivity index is 2.01. The molecule has 3 heteroatoms. The highest BCUT2D eigenvalue weighted by atomic mass is 79.9. The SMILES string of the molecule is CCNCC(C)(Cc1cc(Br)cs1)C1CC1. The molecule has 1 atom stereocenters. The van der Waals surface area contributed by atoms with Gasteiger partial charge in [-0.3, -0.25) is 0 Å². The van der Waals surface area contributed by atoms with E-state index in [0.29, 0.717) is 5.41 Å². The van der Waals surface area contributed by atoms with Crippen LogP contribution < -0.4 is 5.32 Å². The fourth-order valence-corrected chi connectivity index (χ4v) is 4.03. The molecule has 1 aromatic heterocycles. The van der Waals surface area contributed by atoms with Gasteiger partial charge in [0.05, 0.1) is 0 Å². The number of halogens is 1. The lowest BCUT2D eigenvalue weighted by atomic mass is 9.81. The van der Waals surface area contributed by atoms with Crippen LogP contribution in [0.3, 0.4) is 0 Å². The van der Waals surface area contributed by atoms with E-state index in [-0.39, 0.29) is 0 Å². The molecular weight excluding hydrogens is 282 g/mol. The Labute approximate surface area is 111 Å². The van der Waals surface area contributed by atoms with Crippen LogP contribution in [0.1, 0.15) is 31.6 Å². The molecule has 0 aromatic carbocycles. The molecule has 1 fully saturated rings. The number of hydrogen-bond acceptors (Lipinski definition) is 2. The summed E-state index contributed by atoms with van der Waals surface area (Å²) < 4.78 is 1.23. The van der Waals surface area contributed by atoms with Crippen LogP contribution in [0.15, 0.2) is 15.9 Å². The highest BCUT2D eigenvalue weighted by Gasteiger charge is 2.41. The van der Waals surface area contributed by atoms with Crippen molar-refractivity contribution in [2.45, 2.75) is 33.1 Å². The molecule has 0 aliphatic heterocycles. The number of rotatable bonds is 6. The van der Waals surface area contributed by atoms with E-state index in [1.807, 2.05) is 11.3 Å².